The summed E-state index contributed by atoms with van der Waals surface area (Å²) >= 11 is 0. The highest BCUT2D eigenvalue weighted by atomic mass is 14.8. The molecule has 3 aromatic rings. The molecule has 0 saturated carbocycles. The van der Waals surface area contributed by atoms with Crippen molar-refractivity contribution in [3.63, 3.8) is 0 Å². The smallest absolute Gasteiger partial charge is 0.123 e. The molecule has 96 valence electrons. The van der Waals surface area contributed by atoms with Crippen LogP contribution in [0.1, 0.15) is 18.2 Å². The van der Waals surface area contributed by atoms with Crippen LogP contribution in [-0.4, -0.2) is 9.97 Å². The topological polar surface area (TPSA) is 49.6 Å². The van der Waals surface area contributed by atoms with E-state index in [1.54, 1.807) is 6.20 Å². The molecule has 1 aromatic heterocycles. The summed E-state index contributed by atoms with van der Waals surface area (Å²) in [4.78, 5) is 9.02. The first kappa shape index (κ1) is 12.3. The minimum absolute atomic E-state index is 0.671. The Balaban J connectivity index is 2.19. The molecule has 3 rings (SSSR count). The zero-order valence-corrected chi connectivity index (χ0v) is 11.1. The molecule has 0 N–H and O–H groups in total. The molecule has 0 radical (unpaired) electrons. The number of benzene rings is 2. The van der Waals surface area contributed by atoms with Crippen molar-refractivity contribution in [1.29, 1.82) is 5.26 Å². The van der Waals surface area contributed by atoms with Crippen LogP contribution in [-0.2, 0) is 5.41 Å². The van der Waals surface area contributed by atoms with Crippen LogP contribution in [0.25, 0.3) is 11.0 Å². The van der Waals surface area contributed by atoms with Crippen LogP contribution >= 0.6 is 0 Å². The molecule has 0 spiro atoms. The molecule has 1 heterocycles. The Kier molecular flexibility index (Phi) is 2.92. The maximum atomic E-state index is 9.65. The summed E-state index contributed by atoms with van der Waals surface area (Å²) in [7, 11) is 0. The van der Waals surface area contributed by atoms with E-state index in [4.69, 9.17) is 0 Å². The minimum Gasteiger partial charge on any atom is -0.253 e. The molecular formula is C17H13N3. The van der Waals surface area contributed by atoms with Gasteiger partial charge in [-0.3, -0.25) is 4.98 Å². The lowest BCUT2D eigenvalue weighted by molar-refractivity contribution is 0.709. The van der Waals surface area contributed by atoms with Crippen LogP contribution in [0, 0.1) is 11.3 Å². The van der Waals surface area contributed by atoms with Crippen molar-refractivity contribution in [3.05, 3.63) is 72.1 Å². The lowest BCUT2D eigenvalue weighted by Crippen LogP contribution is -2.23. The number of hydrogen-bond acceptors (Lipinski definition) is 3. The highest BCUT2D eigenvalue weighted by Gasteiger charge is 2.30. The molecular weight excluding hydrogens is 246 g/mol. The first-order valence-electron chi connectivity index (χ1n) is 6.43. The van der Waals surface area contributed by atoms with Gasteiger partial charge in [-0.2, -0.15) is 5.26 Å². The summed E-state index contributed by atoms with van der Waals surface area (Å²) < 4.78 is 0. The number of nitrogens with zero attached hydrogens (tertiary/aromatic N) is 3. The van der Waals surface area contributed by atoms with E-state index in [2.05, 4.69) is 16.0 Å². The first-order chi connectivity index (χ1) is 9.74. The van der Waals surface area contributed by atoms with E-state index in [1.807, 2.05) is 61.5 Å². The van der Waals surface area contributed by atoms with E-state index >= 15 is 0 Å². The molecule has 1 unspecified atom stereocenters. The number of aromatic nitrogens is 2. The quantitative estimate of drug-likeness (QED) is 0.708. The fourth-order valence-electron chi connectivity index (χ4n) is 2.24. The Bertz CT molecular complexity index is 790. The third-order valence-corrected chi connectivity index (χ3v) is 3.54. The third kappa shape index (κ3) is 1.92. The van der Waals surface area contributed by atoms with Gasteiger partial charge in [0.15, 0.2) is 0 Å². The second-order valence-electron chi connectivity index (χ2n) is 4.85. The lowest BCUT2D eigenvalue weighted by atomic mass is 9.81. The van der Waals surface area contributed by atoms with E-state index < -0.39 is 5.41 Å². The fraction of sp³-hybridized carbons (Fsp3) is 0.118. The van der Waals surface area contributed by atoms with Gasteiger partial charge in [-0.1, -0.05) is 42.5 Å². The van der Waals surface area contributed by atoms with Gasteiger partial charge in [0, 0.05) is 0 Å². The van der Waals surface area contributed by atoms with Crippen molar-refractivity contribution >= 4 is 11.0 Å². The van der Waals surface area contributed by atoms with Crippen molar-refractivity contribution < 1.29 is 0 Å². The largest absolute Gasteiger partial charge is 0.253 e. The molecule has 1 atom stereocenters. The second kappa shape index (κ2) is 4.75. The van der Waals surface area contributed by atoms with Gasteiger partial charge in [0.25, 0.3) is 0 Å². The number of para-hydroxylation sites is 2. The molecule has 20 heavy (non-hydrogen) atoms. The number of hydrogen-bond donors (Lipinski definition) is 0. The zero-order chi connectivity index (χ0) is 14.0. The van der Waals surface area contributed by atoms with E-state index in [9.17, 15) is 5.26 Å². The molecule has 0 aliphatic rings. The van der Waals surface area contributed by atoms with Crippen LogP contribution in [0.15, 0.2) is 60.8 Å². The minimum atomic E-state index is -0.793. The van der Waals surface area contributed by atoms with Crippen molar-refractivity contribution in [3.8, 4) is 6.07 Å². The maximum absolute atomic E-state index is 9.65. The number of nitriles is 1. The van der Waals surface area contributed by atoms with Crippen LogP contribution in [0.2, 0.25) is 0 Å². The second-order valence-corrected chi connectivity index (χ2v) is 4.85. The summed E-state index contributed by atoms with van der Waals surface area (Å²) in [6.07, 6.45) is 1.69. The monoisotopic (exact) mass is 259 g/mol. The van der Waals surface area contributed by atoms with Gasteiger partial charge in [-0.15, -0.1) is 0 Å². The Hall–Kier alpha value is -2.73. The molecule has 3 heteroatoms. The van der Waals surface area contributed by atoms with Gasteiger partial charge in [-0.05, 0) is 24.6 Å². The molecule has 0 saturated heterocycles. The summed E-state index contributed by atoms with van der Waals surface area (Å²) in [6.45, 7) is 1.88. The Morgan fingerprint density at radius 3 is 2.30 bits per heavy atom. The van der Waals surface area contributed by atoms with Crippen LogP contribution in [0.4, 0.5) is 0 Å². The van der Waals surface area contributed by atoms with Gasteiger partial charge in [-0.25, -0.2) is 4.98 Å². The first-order valence-corrected chi connectivity index (χ1v) is 6.43. The maximum Gasteiger partial charge on any atom is 0.123 e. The zero-order valence-electron chi connectivity index (χ0n) is 11.1. The normalized spacial score (nSPS) is 13.6. The third-order valence-electron chi connectivity index (χ3n) is 3.54. The van der Waals surface area contributed by atoms with Gasteiger partial charge in [0.05, 0.1) is 29.0 Å². The van der Waals surface area contributed by atoms with Crippen LogP contribution in [0.5, 0.6) is 0 Å². The molecule has 0 bridgehead atoms. The van der Waals surface area contributed by atoms with Gasteiger partial charge < -0.3 is 0 Å². The molecule has 0 fully saturated rings. The SMILES string of the molecule is CC(C#N)(c1ccccc1)c1cnc2ccccc2n1. The van der Waals surface area contributed by atoms with Crippen molar-refractivity contribution in [1.82, 2.24) is 9.97 Å². The van der Waals surface area contributed by atoms with E-state index in [0.717, 1.165) is 16.6 Å². The number of fused-ring (bicyclic) bond motifs is 1. The van der Waals surface area contributed by atoms with Crippen molar-refractivity contribution in [2.45, 2.75) is 12.3 Å². The fourth-order valence-corrected chi connectivity index (χ4v) is 2.24. The predicted molar refractivity (Wildman–Crippen MR) is 78.0 cm³/mol. The standard InChI is InChI=1S/C17H13N3/c1-17(12-18,13-7-3-2-4-8-13)16-11-19-14-9-5-6-10-15(14)20-16/h2-11H,1H3. The average Bonchev–Trinajstić information content (AvgIpc) is 2.54. The van der Waals surface area contributed by atoms with Gasteiger partial charge in [0.2, 0.25) is 0 Å². The van der Waals surface area contributed by atoms with Crippen molar-refractivity contribution in [2.75, 3.05) is 0 Å². The molecule has 0 aliphatic carbocycles. The molecule has 0 aliphatic heterocycles. The van der Waals surface area contributed by atoms with E-state index in [0.29, 0.717) is 5.69 Å². The Morgan fingerprint density at radius 2 is 1.60 bits per heavy atom. The summed E-state index contributed by atoms with van der Waals surface area (Å²) in [5.74, 6) is 0. The Labute approximate surface area is 117 Å². The van der Waals surface area contributed by atoms with Gasteiger partial charge in [0.1, 0.15) is 5.41 Å². The lowest BCUT2D eigenvalue weighted by Gasteiger charge is -2.21. The van der Waals surface area contributed by atoms with Crippen LogP contribution < -0.4 is 0 Å². The van der Waals surface area contributed by atoms with E-state index in [1.165, 1.54) is 0 Å². The van der Waals surface area contributed by atoms with Crippen molar-refractivity contribution in [2.24, 2.45) is 0 Å². The van der Waals surface area contributed by atoms with Crippen LogP contribution in [0.3, 0.4) is 0 Å². The van der Waals surface area contributed by atoms with E-state index in [-0.39, 0.29) is 0 Å². The summed E-state index contributed by atoms with van der Waals surface area (Å²) in [5.41, 5.74) is 2.45. The molecule has 2 aromatic carbocycles. The summed E-state index contributed by atoms with van der Waals surface area (Å²) in [6, 6.07) is 19.7. The Morgan fingerprint density at radius 1 is 0.950 bits per heavy atom. The highest BCUT2D eigenvalue weighted by molar-refractivity contribution is 5.74. The average molecular weight is 259 g/mol. The molecule has 0 amide bonds. The van der Waals surface area contributed by atoms with Gasteiger partial charge >= 0.3 is 0 Å². The highest BCUT2D eigenvalue weighted by Crippen LogP contribution is 2.30. The number of rotatable bonds is 2. The molecule has 3 nitrogen and oxygen atoms in total. The predicted octanol–water partition coefficient (Wildman–Crippen LogP) is 3.46. The summed E-state index contributed by atoms with van der Waals surface area (Å²) in [5, 5.41) is 9.65.